The number of methoxy groups -OCH3 is 1. The van der Waals surface area contributed by atoms with E-state index in [1.165, 1.54) is 19.2 Å². The second kappa shape index (κ2) is 10.5. The van der Waals surface area contributed by atoms with Crippen LogP contribution in [0, 0.1) is 17.0 Å². The number of carboxylic acids is 1. The zero-order chi connectivity index (χ0) is 25.9. The van der Waals surface area contributed by atoms with Crippen LogP contribution in [0.25, 0.3) is 16.7 Å². The van der Waals surface area contributed by atoms with Crippen molar-refractivity contribution in [2.45, 2.75) is 46.1 Å². The molecule has 0 unspecified atom stereocenters. The molecule has 1 aliphatic rings. The van der Waals surface area contributed by atoms with Crippen molar-refractivity contribution in [1.82, 2.24) is 0 Å². The molecule has 4 rings (SSSR count). The molecule has 0 fully saturated rings. The molecular formula is C30H30F2O4. The maximum atomic E-state index is 15.4. The Bertz CT molecular complexity index is 1310. The quantitative estimate of drug-likeness (QED) is 0.337. The fraction of sp³-hybridized carbons (Fsp3) is 0.300. The average molecular weight is 493 g/mol. The monoisotopic (exact) mass is 492 g/mol. The first-order valence-corrected chi connectivity index (χ1v) is 12.0. The predicted molar refractivity (Wildman–Crippen MR) is 136 cm³/mol. The zero-order valence-electron chi connectivity index (χ0n) is 20.7. The lowest BCUT2D eigenvalue weighted by atomic mass is 9.79. The number of hydrogen-bond acceptors (Lipinski definition) is 3. The highest BCUT2D eigenvalue weighted by Crippen LogP contribution is 2.47. The second-order valence-electron chi connectivity index (χ2n) is 9.71. The van der Waals surface area contributed by atoms with Gasteiger partial charge in [-0.1, -0.05) is 32.1 Å². The topological polar surface area (TPSA) is 55.8 Å². The zero-order valence-corrected chi connectivity index (χ0v) is 20.7. The van der Waals surface area contributed by atoms with Crippen LogP contribution in [0.4, 0.5) is 8.78 Å². The van der Waals surface area contributed by atoms with E-state index in [1.807, 2.05) is 6.07 Å². The standard InChI is InChI=1S/C30H30F2O4/c1-30(2)13-5-8-26(30)24-15-20(18-36-22-7-4-6-19(14-22)9-12-29(33)34)28(32)17-23(24)25-16-21(35-3)10-11-27(25)31/h4,6-8,10-11,14-17H,5,9,12-13,18H2,1-3H3,(H,33,34). The molecule has 4 nitrogen and oxygen atoms in total. The minimum absolute atomic E-state index is 0.0181. The van der Waals surface area contributed by atoms with Gasteiger partial charge in [0.25, 0.3) is 0 Å². The molecule has 0 bridgehead atoms. The van der Waals surface area contributed by atoms with Crippen LogP contribution in [0.2, 0.25) is 0 Å². The molecule has 3 aromatic carbocycles. The van der Waals surface area contributed by atoms with Gasteiger partial charge in [-0.3, -0.25) is 4.79 Å². The van der Waals surface area contributed by atoms with Crippen LogP contribution in [0.15, 0.2) is 60.7 Å². The molecule has 0 spiro atoms. The number of carbonyl (C=O) groups is 1. The van der Waals surface area contributed by atoms with E-state index in [2.05, 4.69) is 19.9 Å². The molecule has 0 amide bonds. The Morgan fingerprint density at radius 1 is 0.972 bits per heavy atom. The predicted octanol–water partition coefficient (Wildman–Crippen LogP) is 7.44. The van der Waals surface area contributed by atoms with E-state index in [0.29, 0.717) is 29.0 Å². The third-order valence-electron chi connectivity index (χ3n) is 6.71. The number of halogens is 2. The molecular weight excluding hydrogens is 462 g/mol. The van der Waals surface area contributed by atoms with E-state index in [-0.39, 0.29) is 24.0 Å². The van der Waals surface area contributed by atoms with Crippen molar-refractivity contribution < 1.29 is 28.2 Å². The van der Waals surface area contributed by atoms with Crippen molar-refractivity contribution in [2.75, 3.05) is 7.11 Å². The molecule has 36 heavy (non-hydrogen) atoms. The summed E-state index contributed by atoms with van der Waals surface area (Å²) in [5, 5.41) is 8.92. The highest BCUT2D eigenvalue weighted by Gasteiger charge is 2.31. The Morgan fingerprint density at radius 2 is 1.78 bits per heavy atom. The molecule has 1 aliphatic carbocycles. The van der Waals surface area contributed by atoms with Gasteiger partial charge in [0.2, 0.25) is 0 Å². The van der Waals surface area contributed by atoms with Gasteiger partial charge in [0.15, 0.2) is 0 Å². The summed E-state index contributed by atoms with van der Waals surface area (Å²) in [7, 11) is 1.51. The molecule has 0 aliphatic heterocycles. The van der Waals surface area contributed by atoms with Crippen LogP contribution in [0.3, 0.4) is 0 Å². The maximum Gasteiger partial charge on any atom is 0.303 e. The Labute approximate surface area is 210 Å². The van der Waals surface area contributed by atoms with Crippen LogP contribution >= 0.6 is 0 Å². The molecule has 1 N–H and O–H groups in total. The van der Waals surface area contributed by atoms with Crippen LogP contribution in [0.1, 0.15) is 49.8 Å². The lowest BCUT2D eigenvalue weighted by molar-refractivity contribution is -0.136. The van der Waals surface area contributed by atoms with Gasteiger partial charge in [0, 0.05) is 17.5 Å². The fourth-order valence-corrected chi connectivity index (χ4v) is 4.68. The number of carboxylic acid groups (broad SMARTS) is 1. The Kier molecular flexibility index (Phi) is 7.43. The molecule has 188 valence electrons. The number of hydrogen-bond donors (Lipinski definition) is 1. The van der Waals surface area contributed by atoms with Gasteiger partial charge in [-0.25, -0.2) is 8.78 Å². The molecule has 0 aromatic heterocycles. The largest absolute Gasteiger partial charge is 0.497 e. The summed E-state index contributed by atoms with van der Waals surface area (Å²) in [6.45, 7) is 4.26. The van der Waals surface area contributed by atoms with Crippen molar-refractivity contribution >= 4 is 11.5 Å². The molecule has 0 saturated heterocycles. The minimum atomic E-state index is -0.868. The van der Waals surface area contributed by atoms with Crippen molar-refractivity contribution in [3.8, 4) is 22.6 Å². The lowest BCUT2D eigenvalue weighted by Crippen LogP contribution is -2.11. The van der Waals surface area contributed by atoms with Gasteiger partial charge in [0.05, 0.1) is 7.11 Å². The number of aliphatic carboxylic acids is 1. The summed E-state index contributed by atoms with van der Waals surface area (Å²) in [5.74, 6) is -0.785. The summed E-state index contributed by atoms with van der Waals surface area (Å²) < 4.78 is 41.5. The summed E-state index contributed by atoms with van der Waals surface area (Å²) in [6, 6.07) is 14.8. The molecule has 0 saturated carbocycles. The first-order chi connectivity index (χ1) is 17.2. The van der Waals surface area contributed by atoms with Crippen LogP contribution in [0.5, 0.6) is 11.5 Å². The molecule has 3 aromatic rings. The van der Waals surface area contributed by atoms with E-state index in [9.17, 15) is 9.18 Å². The van der Waals surface area contributed by atoms with Crippen molar-refractivity contribution in [3.05, 3.63) is 89.0 Å². The molecule has 0 radical (unpaired) electrons. The summed E-state index contributed by atoms with van der Waals surface area (Å²) in [4.78, 5) is 10.9. The summed E-state index contributed by atoms with van der Waals surface area (Å²) >= 11 is 0. The lowest BCUT2D eigenvalue weighted by Gasteiger charge is -2.26. The summed E-state index contributed by atoms with van der Waals surface area (Å²) in [6.07, 6.45) is 4.40. The Morgan fingerprint density at radius 3 is 2.47 bits per heavy atom. The average Bonchev–Trinajstić information content (AvgIpc) is 3.21. The van der Waals surface area contributed by atoms with E-state index in [1.54, 1.807) is 36.4 Å². The third-order valence-corrected chi connectivity index (χ3v) is 6.71. The van der Waals surface area contributed by atoms with E-state index in [0.717, 1.165) is 29.5 Å². The van der Waals surface area contributed by atoms with Crippen LogP contribution in [-0.4, -0.2) is 18.2 Å². The molecule has 0 heterocycles. The normalized spacial score (nSPS) is 14.4. The minimum Gasteiger partial charge on any atom is -0.497 e. The van der Waals surface area contributed by atoms with Gasteiger partial charge in [-0.05, 0) is 89.4 Å². The van der Waals surface area contributed by atoms with Crippen molar-refractivity contribution in [2.24, 2.45) is 5.41 Å². The van der Waals surface area contributed by atoms with Gasteiger partial charge in [0.1, 0.15) is 29.7 Å². The third kappa shape index (κ3) is 5.59. The van der Waals surface area contributed by atoms with E-state index in [4.69, 9.17) is 14.6 Å². The van der Waals surface area contributed by atoms with Gasteiger partial charge in [-0.2, -0.15) is 0 Å². The highest BCUT2D eigenvalue weighted by molar-refractivity contribution is 5.85. The second-order valence-corrected chi connectivity index (χ2v) is 9.71. The number of ether oxygens (including phenoxy) is 2. The van der Waals surface area contributed by atoms with Gasteiger partial charge < -0.3 is 14.6 Å². The Balaban J connectivity index is 1.70. The number of rotatable bonds is 9. The number of aryl methyl sites for hydroxylation is 1. The SMILES string of the molecule is COc1ccc(F)c(-c2cc(F)c(COc3cccc(CCC(=O)O)c3)cc2C2=CCCC2(C)C)c1. The van der Waals surface area contributed by atoms with Crippen LogP contribution in [-0.2, 0) is 17.8 Å². The van der Waals surface area contributed by atoms with E-state index < -0.39 is 17.6 Å². The first kappa shape index (κ1) is 25.4. The smallest absolute Gasteiger partial charge is 0.303 e. The number of allylic oxidation sites excluding steroid dienone is 2. The van der Waals surface area contributed by atoms with Crippen molar-refractivity contribution in [3.63, 3.8) is 0 Å². The number of benzene rings is 3. The van der Waals surface area contributed by atoms with E-state index >= 15 is 4.39 Å². The van der Waals surface area contributed by atoms with Gasteiger partial charge >= 0.3 is 5.97 Å². The fourth-order valence-electron chi connectivity index (χ4n) is 4.68. The summed E-state index contributed by atoms with van der Waals surface area (Å²) in [5.41, 5.74) is 3.64. The first-order valence-electron chi connectivity index (χ1n) is 12.0. The molecule has 0 atom stereocenters. The molecule has 6 heteroatoms. The highest BCUT2D eigenvalue weighted by atomic mass is 19.1. The van der Waals surface area contributed by atoms with Gasteiger partial charge in [-0.15, -0.1) is 0 Å². The Hall–Kier alpha value is -3.67. The maximum absolute atomic E-state index is 15.4. The van der Waals surface area contributed by atoms with Crippen molar-refractivity contribution in [1.29, 1.82) is 0 Å². The van der Waals surface area contributed by atoms with Crippen LogP contribution < -0.4 is 9.47 Å².